The third-order valence-electron chi connectivity index (χ3n) is 4.27. The summed E-state index contributed by atoms with van der Waals surface area (Å²) in [6.07, 6.45) is -2.47. The minimum absolute atomic E-state index is 0.132. The molecule has 0 radical (unpaired) electrons. The number of nitrogens with one attached hydrogen (secondary N) is 2. The molecule has 0 unspecified atom stereocenters. The summed E-state index contributed by atoms with van der Waals surface area (Å²) in [4.78, 5) is 48.0. The number of hydrogen-bond acceptors (Lipinski definition) is 6. The maximum absolute atomic E-state index is 12.3. The Morgan fingerprint density at radius 2 is 1.93 bits per heavy atom. The Balaban J connectivity index is 1.55. The van der Waals surface area contributed by atoms with E-state index in [0.717, 1.165) is 0 Å². The number of anilines is 2. The molecule has 2 aromatic rings. The third-order valence-corrected chi connectivity index (χ3v) is 4.27. The number of hydrogen-bond donors (Lipinski definition) is 2. The maximum Gasteiger partial charge on any atom is 0.310 e. The molecule has 1 aliphatic heterocycles. The van der Waals surface area contributed by atoms with Gasteiger partial charge in [0.25, 0.3) is 11.8 Å². The zero-order chi connectivity index (χ0) is 21.0. The van der Waals surface area contributed by atoms with Gasteiger partial charge >= 0.3 is 5.97 Å². The molecule has 0 fully saturated rings. The maximum atomic E-state index is 12.3. The van der Waals surface area contributed by atoms with Crippen LogP contribution in [0.5, 0.6) is 5.75 Å². The van der Waals surface area contributed by atoms with Crippen LogP contribution in [0.3, 0.4) is 0 Å². The lowest BCUT2D eigenvalue weighted by atomic mass is 10.1. The fraction of sp³-hybridized carbons (Fsp3) is 0.238. The summed E-state index contributed by atoms with van der Waals surface area (Å²) < 4.78 is 10.7. The van der Waals surface area contributed by atoms with Gasteiger partial charge in [0, 0.05) is 11.3 Å². The molecule has 0 spiro atoms. The second-order valence-corrected chi connectivity index (χ2v) is 6.55. The number of fused-ring (bicyclic) bond motifs is 1. The van der Waals surface area contributed by atoms with Gasteiger partial charge in [-0.15, -0.1) is 0 Å². The van der Waals surface area contributed by atoms with Crippen molar-refractivity contribution in [2.24, 2.45) is 0 Å². The van der Waals surface area contributed by atoms with Crippen molar-refractivity contribution in [3.05, 3.63) is 54.1 Å². The van der Waals surface area contributed by atoms with Crippen LogP contribution >= 0.6 is 0 Å². The van der Waals surface area contributed by atoms with Crippen molar-refractivity contribution in [1.82, 2.24) is 0 Å². The number of carbonyl (C=O) groups excluding carboxylic acids is 4. The number of esters is 1. The van der Waals surface area contributed by atoms with Crippen LogP contribution in [0.15, 0.2) is 48.5 Å². The number of ether oxygens (including phenoxy) is 2. The molecule has 29 heavy (non-hydrogen) atoms. The number of ketones is 1. The molecule has 3 rings (SSSR count). The Labute approximate surface area is 167 Å². The van der Waals surface area contributed by atoms with Gasteiger partial charge in [-0.05, 0) is 38.1 Å². The first-order valence-electron chi connectivity index (χ1n) is 9.01. The normalized spacial score (nSPS) is 15.9. The summed E-state index contributed by atoms with van der Waals surface area (Å²) in [5.74, 6) is -1.43. The summed E-state index contributed by atoms with van der Waals surface area (Å²) >= 11 is 0. The van der Waals surface area contributed by atoms with Gasteiger partial charge in [-0.2, -0.15) is 0 Å². The van der Waals surface area contributed by atoms with Crippen LogP contribution in [-0.4, -0.2) is 35.8 Å². The lowest BCUT2D eigenvalue weighted by Gasteiger charge is -2.25. The number of rotatable bonds is 6. The Bertz CT molecular complexity index is 971. The first kappa shape index (κ1) is 20.1. The van der Waals surface area contributed by atoms with Crippen LogP contribution in [0.4, 0.5) is 11.4 Å². The van der Waals surface area contributed by atoms with E-state index in [9.17, 15) is 19.2 Å². The first-order valence-corrected chi connectivity index (χ1v) is 9.01. The van der Waals surface area contributed by atoms with Gasteiger partial charge in [0.05, 0.1) is 12.1 Å². The highest BCUT2D eigenvalue weighted by molar-refractivity contribution is 6.00. The smallest absolute Gasteiger partial charge is 0.310 e. The van der Waals surface area contributed by atoms with E-state index in [2.05, 4.69) is 10.6 Å². The number of Topliss-reactive ketones (excluding diaryl/α,β-unsaturated/α-hetero) is 1. The number of para-hydroxylation sites is 2. The van der Waals surface area contributed by atoms with Gasteiger partial charge in [0.2, 0.25) is 0 Å². The highest BCUT2D eigenvalue weighted by Crippen LogP contribution is 2.29. The Hall–Kier alpha value is -3.68. The van der Waals surface area contributed by atoms with Gasteiger partial charge in [-0.25, -0.2) is 0 Å². The van der Waals surface area contributed by atoms with E-state index in [0.29, 0.717) is 22.7 Å². The van der Waals surface area contributed by atoms with Gasteiger partial charge in [-0.1, -0.05) is 24.3 Å². The number of amides is 2. The standard InChI is InChI=1S/C21H20N2O6/c1-12(24)14-6-5-7-15(10-14)22-20(26)13(2)28-19(25)11-18-21(27)23-16-8-3-4-9-17(16)29-18/h3-10,13,18H,11H2,1-2H3,(H,22,26)(H,23,27)/t13-,18+/m1/s1. The molecule has 8 nitrogen and oxygen atoms in total. The highest BCUT2D eigenvalue weighted by atomic mass is 16.6. The lowest BCUT2D eigenvalue weighted by Crippen LogP contribution is -2.40. The Kier molecular flexibility index (Phi) is 5.92. The van der Waals surface area contributed by atoms with E-state index in [-0.39, 0.29) is 12.2 Å². The number of benzene rings is 2. The first-order chi connectivity index (χ1) is 13.8. The quantitative estimate of drug-likeness (QED) is 0.573. The van der Waals surface area contributed by atoms with E-state index in [1.54, 1.807) is 42.5 Å². The predicted octanol–water partition coefficient (Wildman–Crippen LogP) is 2.55. The zero-order valence-corrected chi connectivity index (χ0v) is 15.9. The third kappa shape index (κ3) is 4.98. The van der Waals surface area contributed by atoms with Gasteiger partial charge in [0.15, 0.2) is 18.0 Å². The van der Waals surface area contributed by atoms with Crippen molar-refractivity contribution in [2.75, 3.05) is 10.6 Å². The average molecular weight is 396 g/mol. The molecule has 1 heterocycles. The molecule has 2 N–H and O–H groups in total. The zero-order valence-electron chi connectivity index (χ0n) is 15.9. The molecule has 0 aliphatic carbocycles. The SMILES string of the molecule is CC(=O)c1cccc(NC(=O)[C@@H](C)OC(=O)C[C@@H]2Oc3ccccc3NC2=O)c1. The van der Waals surface area contributed by atoms with Crippen molar-refractivity contribution in [3.8, 4) is 5.75 Å². The number of carbonyl (C=O) groups is 4. The van der Waals surface area contributed by atoms with Crippen molar-refractivity contribution in [2.45, 2.75) is 32.5 Å². The molecular formula is C21H20N2O6. The molecule has 2 amide bonds. The molecule has 0 saturated carbocycles. The minimum atomic E-state index is -1.09. The monoisotopic (exact) mass is 396 g/mol. The van der Waals surface area contributed by atoms with Gasteiger partial charge in [-0.3, -0.25) is 19.2 Å². The van der Waals surface area contributed by atoms with Gasteiger partial charge in [0.1, 0.15) is 5.75 Å². The summed E-state index contributed by atoms with van der Waals surface area (Å²) in [5, 5.41) is 5.25. The largest absolute Gasteiger partial charge is 0.478 e. The van der Waals surface area contributed by atoms with Crippen LogP contribution in [0.1, 0.15) is 30.6 Å². The fourth-order valence-corrected chi connectivity index (χ4v) is 2.74. The second-order valence-electron chi connectivity index (χ2n) is 6.55. The van der Waals surface area contributed by atoms with Crippen molar-refractivity contribution >= 4 is 34.9 Å². The summed E-state index contributed by atoms with van der Waals surface area (Å²) in [5.41, 5.74) is 1.40. The fourth-order valence-electron chi connectivity index (χ4n) is 2.74. The van der Waals surface area contributed by atoms with Crippen LogP contribution in [0, 0.1) is 0 Å². The summed E-state index contributed by atoms with van der Waals surface area (Å²) in [7, 11) is 0. The van der Waals surface area contributed by atoms with E-state index in [1.165, 1.54) is 19.9 Å². The summed E-state index contributed by atoms with van der Waals surface area (Å²) in [6, 6.07) is 13.3. The van der Waals surface area contributed by atoms with Crippen molar-refractivity contribution < 1.29 is 28.7 Å². The van der Waals surface area contributed by atoms with E-state index in [1.807, 2.05) is 0 Å². The van der Waals surface area contributed by atoms with Crippen molar-refractivity contribution in [1.29, 1.82) is 0 Å². The van der Waals surface area contributed by atoms with Crippen molar-refractivity contribution in [3.63, 3.8) is 0 Å². The molecule has 0 aromatic heterocycles. The van der Waals surface area contributed by atoms with Crippen LogP contribution in [0.25, 0.3) is 0 Å². The molecule has 0 bridgehead atoms. The predicted molar refractivity (Wildman–Crippen MR) is 105 cm³/mol. The van der Waals surface area contributed by atoms with E-state index in [4.69, 9.17) is 9.47 Å². The molecule has 1 aliphatic rings. The lowest BCUT2D eigenvalue weighted by molar-refractivity contribution is -0.155. The molecule has 8 heteroatoms. The van der Waals surface area contributed by atoms with E-state index >= 15 is 0 Å². The molecular weight excluding hydrogens is 376 g/mol. The minimum Gasteiger partial charge on any atom is -0.478 e. The van der Waals surface area contributed by atoms with Crippen LogP contribution in [0.2, 0.25) is 0 Å². The summed E-state index contributed by atoms with van der Waals surface area (Å²) in [6.45, 7) is 2.84. The van der Waals surface area contributed by atoms with E-state index < -0.39 is 30.0 Å². The molecule has 0 saturated heterocycles. The van der Waals surface area contributed by atoms with Crippen LogP contribution < -0.4 is 15.4 Å². The Morgan fingerprint density at radius 1 is 1.17 bits per heavy atom. The molecule has 2 atom stereocenters. The Morgan fingerprint density at radius 3 is 2.69 bits per heavy atom. The second kappa shape index (κ2) is 8.55. The average Bonchev–Trinajstić information content (AvgIpc) is 2.68. The molecule has 2 aromatic carbocycles. The molecule has 150 valence electrons. The van der Waals surface area contributed by atoms with Gasteiger partial charge < -0.3 is 20.1 Å². The topological polar surface area (TPSA) is 111 Å². The highest BCUT2D eigenvalue weighted by Gasteiger charge is 2.31. The van der Waals surface area contributed by atoms with Crippen LogP contribution in [-0.2, 0) is 19.1 Å².